The average Bonchev–Trinajstić information content (AvgIpc) is 3.89. The van der Waals surface area contributed by atoms with Gasteiger partial charge >= 0.3 is 0 Å². The predicted molar refractivity (Wildman–Crippen MR) is 189 cm³/mol. The molecule has 0 aromatic heterocycles. The summed E-state index contributed by atoms with van der Waals surface area (Å²) < 4.78 is 40.8. The third-order valence-electron chi connectivity index (χ3n) is 8.21. The van der Waals surface area contributed by atoms with E-state index in [4.69, 9.17) is 53.2 Å². The zero-order chi connectivity index (χ0) is 37.3. The van der Waals surface area contributed by atoms with E-state index in [1.807, 2.05) is 65.9 Å². The SMILES string of the molecule is C1CN2CCOC2O1.CC1(CO)CCCCC1.CN(C)C1OCCCO1.CN(C)C1OCCO1.COC(C)(C)CO.COC(CO)N(C)C. The van der Waals surface area contributed by atoms with E-state index in [2.05, 4.69) is 11.8 Å². The van der Waals surface area contributed by atoms with Gasteiger partial charge in [-0.05, 0) is 80.8 Å². The summed E-state index contributed by atoms with van der Waals surface area (Å²) in [6.45, 7) is 13.2. The number of ether oxygens (including phenoxy) is 8. The smallest absolute Gasteiger partial charge is 0.218 e. The minimum atomic E-state index is -0.361. The molecule has 1 aliphatic carbocycles. The summed E-state index contributed by atoms with van der Waals surface area (Å²) in [5.74, 6) is 0. The fraction of sp³-hybridized carbons (Fsp3) is 1.00. The zero-order valence-corrected chi connectivity index (χ0v) is 32.7. The Morgan fingerprint density at radius 1 is 0.714 bits per heavy atom. The minimum absolute atomic E-state index is 0.00926. The molecule has 0 spiro atoms. The van der Waals surface area contributed by atoms with Gasteiger partial charge in [-0.1, -0.05) is 26.2 Å². The maximum Gasteiger partial charge on any atom is 0.218 e. The molecular formula is C34H74N4O11. The molecule has 3 N–H and O–H groups in total. The quantitative estimate of drug-likeness (QED) is 0.313. The van der Waals surface area contributed by atoms with Gasteiger partial charge in [0, 0.05) is 33.9 Å². The fourth-order valence-electron chi connectivity index (χ4n) is 4.62. The van der Waals surface area contributed by atoms with Crippen LogP contribution in [-0.2, 0) is 37.9 Å². The van der Waals surface area contributed by atoms with E-state index >= 15 is 0 Å². The molecule has 0 aromatic rings. The van der Waals surface area contributed by atoms with Crippen LogP contribution in [0.4, 0.5) is 0 Å². The molecule has 0 aromatic carbocycles. The van der Waals surface area contributed by atoms with Gasteiger partial charge in [-0.15, -0.1) is 0 Å². The first-order valence-corrected chi connectivity index (χ1v) is 17.5. The summed E-state index contributed by atoms with van der Waals surface area (Å²) in [6, 6.07) is 0. The average molecular weight is 715 g/mol. The first-order chi connectivity index (χ1) is 23.2. The van der Waals surface area contributed by atoms with Crippen LogP contribution < -0.4 is 0 Å². The molecule has 15 nitrogen and oxygen atoms in total. The summed E-state index contributed by atoms with van der Waals surface area (Å²) in [5, 5.41) is 25.9. The van der Waals surface area contributed by atoms with Crippen molar-refractivity contribution in [3.63, 3.8) is 0 Å². The highest BCUT2D eigenvalue weighted by atomic mass is 16.7. The highest BCUT2D eigenvalue weighted by molar-refractivity contribution is 4.76. The van der Waals surface area contributed by atoms with Crippen molar-refractivity contribution in [1.29, 1.82) is 0 Å². The third kappa shape index (κ3) is 22.8. The van der Waals surface area contributed by atoms with Crippen molar-refractivity contribution < 1.29 is 53.2 Å². The Kier molecular flexibility index (Phi) is 27.6. The number of aliphatic hydroxyl groups is 3. The summed E-state index contributed by atoms with van der Waals surface area (Å²) >= 11 is 0. The zero-order valence-electron chi connectivity index (χ0n) is 32.7. The summed E-state index contributed by atoms with van der Waals surface area (Å²) in [7, 11) is 14.6. The molecular weight excluding hydrogens is 640 g/mol. The first-order valence-electron chi connectivity index (χ1n) is 17.5. The number of fused-ring (bicyclic) bond motifs is 1. The Morgan fingerprint density at radius 2 is 1.18 bits per heavy atom. The second-order valence-electron chi connectivity index (χ2n) is 14.0. The highest BCUT2D eigenvalue weighted by Crippen LogP contribution is 2.34. The van der Waals surface area contributed by atoms with E-state index in [0.717, 1.165) is 59.2 Å². The lowest BCUT2D eigenvalue weighted by molar-refractivity contribution is -0.239. The van der Waals surface area contributed by atoms with Crippen LogP contribution in [0.25, 0.3) is 0 Å². The van der Waals surface area contributed by atoms with Gasteiger partial charge in [0.1, 0.15) is 6.23 Å². The third-order valence-corrected chi connectivity index (χ3v) is 8.21. The largest absolute Gasteiger partial charge is 0.396 e. The lowest BCUT2D eigenvalue weighted by atomic mass is 9.76. The molecule has 0 bridgehead atoms. The summed E-state index contributed by atoms with van der Waals surface area (Å²) in [5.41, 5.74) is -0.0851. The topological polar surface area (TPSA) is 147 Å². The number of hydrogen-bond donors (Lipinski definition) is 3. The van der Waals surface area contributed by atoms with Gasteiger partial charge in [0.05, 0.1) is 58.5 Å². The van der Waals surface area contributed by atoms with Crippen LogP contribution in [-0.4, -0.2) is 195 Å². The predicted octanol–water partition coefficient (Wildman–Crippen LogP) is 1.64. The van der Waals surface area contributed by atoms with E-state index in [-0.39, 0.29) is 49.7 Å². The van der Waals surface area contributed by atoms with Crippen molar-refractivity contribution in [3.8, 4) is 0 Å². The molecule has 0 radical (unpaired) electrons. The molecule has 5 rings (SSSR count). The fourth-order valence-corrected chi connectivity index (χ4v) is 4.62. The van der Waals surface area contributed by atoms with Gasteiger partial charge < -0.3 is 53.2 Å². The van der Waals surface area contributed by atoms with Crippen LogP contribution >= 0.6 is 0 Å². The molecule has 5 aliphatic rings. The minimum Gasteiger partial charge on any atom is -0.396 e. The van der Waals surface area contributed by atoms with Crippen LogP contribution in [0.5, 0.6) is 0 Å². The van der Waals surface area contributed by atoms with Crippen LogP contribution in [0.2, 0.25) is 0 Å². The van der Waals surface area contributed by atoms with Crippen molar-refractivity contribution in [2.45, 2.75) is 90.4 Å². The van der Waals surface area contributed by atoms with Gasteiger partial charge in [-0.3, -0.25) is 19.6 Å². The number of rotatable bonds is 8. The van der Waals surface area contributed by atoms with Crippen molar-refractivity contribution in [2.24, 2.45) is 5.41 Å². The second-order valence-corrected chi connectivity index (χ2v) is 14.0. The molecule has 5 fully saturated rings. The van der Waals surface area contributed by atoms with Crippen LogP contribution in [0.15, 0.2) is 0 Å². The molecule has 1 atom stereocenters. The molecule has 4 aliphatic heterocycles. The van der Waals surface area contributed by atoms with E-state index < -0.39 is 0 Å². The number of aliphatic hydroxyl groups excluding tert-OH is 3. The summed E-state index contributed by atoms with van der Waals surface area (Å²) in [6.07, 6.45) is 7.11. The lowest BCUT2D eigenvalue weighted by Crippen LogP contribution is -2.37. The van der Waals surface area contributed by atoms with Crippen molar-refractivity contribution in [3.05, 3.63) is 0 Å². The molecule has 0 amide bonds. The second kappa shape index (κ2) is 28.0. The van der Waals surface area contributed by atoms with Gasteiger partial charge in [0.2, 0.25) is 19.2 Å². The van der Waals surface area contributed by atoms with E-state index in [9.17, 15) is 0 Å². The molecule has 4 saturated heterocycles. The van der Waals surface area contributed by atoms with Gasteiger partial charge in [0.15, 0.2) is 0 Å². The Labute approximate surface area is 297 Å². The van der Waals surface area contributed by atoms with Crippen LogP contribution in [0.1, 0.15) is 59.3 Å². The molecule has 296 valence electrons. The van der Waals surface area contributed by atoms with E-state index in [1.165, 1.54) is 32.1 Å². The molecule has 49 heavy (non-hydrogen) atoms. The van der Waals surface area contributed by atoms with Crippen LogP contribution in [0, 0.1) is 5.41 Å². The monoisotopic (exact) mass is 715 g/mol. The Bertz CT molecular complexity index is 711. The normalized spacial score (nSPS) is 22.0. The standard InChI is InChI=1S/C8H16O.C6H13NO2.C5H9NO2.C5H11NO2.C5H13NO2.C5H12O2/c1-8(7-9)5-3-2-4-6-8;1-7(2)6-8-4-3-5-9-6;1-3-7-5-6(1)2-4-8-5;1-6(2)5-7-3-4-8-5;1-6(2)5(4-7)8-3;1-5(2,4-6)7-3/h9H,2-7H2,1H3;6H,3-5H2,1-2H3;5H,1-4H2;5H,3-4H2,1-2H3;5,7H,4H2,1-3H3;6H,4H2,1-3H3. The van der Waals surface area contributed by atoms with Gasteiger partial charge in [-0.25, -0.2) is 0 Å². The van der Waals surface area contributed by atoms with Gasteiger partial charge in [0.25, 0.3) is 0 Å². The molecule has 1 unspecified atom stereocenters. The van der Waals surface area contributed by atoms with Gasteiger partial charge in [-0.2, -0.15) is 0 Å². The number of likely N-dealkylation sites (N-methyl/N-ethyl adjacent to an activating group) is 1. The van der Waals surface area contributed by atoms with E-state index in [0.29, 0.717) is 6.61 Å². The number of hydrogen-bond acceptors (Lipinski definition) is 15. The first kappa shape index (κ1) is 48.4. The van der Waals surface area contributed by atoms with Crippen molar-refractivity contribution in [1.82, 2.24) is 19.6 Å². The lowest BCUT2D eigenvalue weighted by Gasteiger charge is -2.31. The number of nitrogens with zero attached hydrogens (tertiary/aromatic N) is 4. The van der Waals surface area contributed by atoms with Crippen LogP contribution in [0.3, 0.4) is 0 Å². The Balaban J connectivity index is 0.000000566. The Hall–Kier alpha value is -0.600. The maximum atomic E-state index is 8.95. The Morgan fingerprint density at radius 3 is 1.41 bits per heavy atom. The number of methoxy groups -OCH3 is 2. The molecule has 4 heterocycles. The molecule has 15 heteroatoms. The summed E-state index contributed by atoms with van der Waals surface area (Å²) in [4.78, 5) is 7.81. The molecule has 1 saturated carbocycles. The van der Waals surface area contributed by atoms with E-state index in [1.54, 1.807) is 19.1 Å². The highest BCUT2D eigenvalue weighted by Gasteiger charge is 2.30. The van der Waals surface area contributed by atoms with Crippen molar-refractivity contribution >= 4 is 0 Å². The van der Waals surface area contributed by atoms with Crippen molar-refractivity contribution in [2.75, 3.05) is 129 Å². The maximum absolute atomic E-state index is 8.95.